The van der Waals surface area contributed by atoms with Crippen LogP contribution in [0.25, 0.3) is 0 Å². The quantitative estimate of drug-likeness (QED) is 0.820. The molecule has 23 heavy (non-hydrogen) atoms. The van der Waals surface area contributed by atoms with E-state index in [1.807, 2.05) is 27.1 Å². The van der Waals surface area contributed by atoms with E-state index < -0.39 is 11.6 Å². The van der Waals surface area contributed by atoms with Crippen LogP contribution in [0.5, 0.6) is 0 Å². The Bertz CT molecular complexity index is 682. The zero-order valence-corrected chi connectivity index (χ0v) is 13.6. The summed E-state index contributed by atoms with van der Waals surface area (Å²) in [5.41, 5.74) is 1.16. The minimum Gasteiger partial charge on any atom is -0.336 e. The summed E-state index contributed by atoms with van der Waals surface area (Å²) >= 11 is 0. The van der Waals surface area contributed by atoms with E-state index in [2.05, 4.69) is 5.10 Å². The summed E-state index contributed by atoms with van der Waals surface area (Å²) in [6.45, 7) is 4.31. The molecule has 4 nitrogen and oxygen atoms in total. The molecule has 6 heteroatoms. The minimum atomic E-state index is -0.495. The van der Waals surface area contributed by atoms with Crippen LogP contribution in [0.2, 0.25) is 0 Å². The normalized spacial score (nSPS) is 11.0. The van der Waals surface area contributed by atoms with Crippen molar-refractivity contribution < 1.29 is 13.6 Å². The number of carbonyl (C=O) groups is 1. The van der Waals surface area contributed by atoms with E-state index in [0.717, 1.165) is 23.8 Å². The minimum absolute atomic E-state index is 0.0139. The second-order valence-electron chi connectivity index (χ2n) is 5.87. The Hall–Kier alpha value is -2.24. The van der Waals surface area contributed by atoms with Crippen LogP contribution in [0, 0.1) is 11.6 Å². The molecule has 0 bridgehead atoms. The zero-order valence-electron chi connectivity index (χ0n) is 13.6. The van der Waals surface area contributed by atoms with Gasteiger partial charge in [-0.2, -0.15) is 5.10 Å². The number of hydrogen-bond acceptors (Lipinski definition) is 2. The molecule has 0 spiro atoms. The molecule has 2 rings (SSSR count). The second kappa shape index (κ2) is 7.35. The van der Waals surface area contributed by atoms with Crippen molar-refractivity contribution in [3.05, 3.63) is 53.4 Å². The van der Waals surface area contributed by atoms with Gasteiger partial charge in [-0.15, -0.1) is 0 Å². The SMILES string of the molecule is CC(C)N(Cc1cnn(C)c1)C(=O)CCc1cc(F)ccc1F. The van der Waals surface area contributed by atoms with Gasteiger partial charge >= 0.3 is 0 Å². The third kappa shape index (κ3) is 4.61. The Morgan fingerprint density at radius 3 is 2.70 bits per heavy atom. The number of halogens is 2. The number of benzene rings is 1. The van der Waals surface area contributed by atoms with E-state index in [-0.39, 0.29) is 30.4 Å². The van der Waals surface area contributed by atoms with E-state index in [1.165, 1.54) is 0 Å². The summed E-state index contributed by atoms with van der Waals surface area (Å²) in [6, 6.07) is 3.32. The molecule has 0 unspecified atom stereocenters. The van der Waals surface area contributed by atoms with Crippen molar-refractivity contribution in [1.29, 1.82) is 0 Å². The predicted molar refractivity (Wildman–Crippen MR) is 83.6 cm³/mol. The van der Waals surface area contributed by atoms with Gasteiger partial charge < -0.3 is 4.90 Å². The average Bonchev–Trinajstić information content (AvgIpc) is 2.90. The van der Waals surface area contributed by atoms with E-state index in [9.17, 15) is 13.6 Å². The summed E-state index contributed by atoms with van der Waals surface area (Å²) in [5.74, 6) is -1.07. The molecule has 0 saturated carbocycles. The molecule has 1 aromatic heterocycles. The number of hydrogen-bond donors (Lipinski definition) is 0. The molecular weight excluding hydrogens is 300 g/mol. The Labute approximate surface area is 134 Å². The fraction of sp³-hybridized carbons (Fsp3) is 0.412. The highest BCUT2D eigenvalue weighted by Gasteiger charge is 2.18. The molecule has 0 saturated heterocycles. The van der Waals surface area contributed by atoms with Crippen LogP contribution in [0.3, 0.4) is 0 Å². The smallest absolute Gasteiger partial charge is 0.223 e. The predicted octanol–water partition coefficient (Wildman–Crippen LogP) is 3.07. The largest absolute Gasteiger partial charge is 0.336 e. The highest BCUT2D eigenvalue weighted by Crippen LogP contribution is 2.15. The van der Waals surface area contributed by atoms with Gasteiger partial charge in [0.15, 0.2) is 0 Å². The van der Waals surface area contributed by atoms with Crippen molar-refractivity contribution in [3.63, 3.8) is 0 Å². The first-order valence-corrected chi connectivity index (χ1v) is 7.57. The zero-order chi connectivity index (χ0) is 17.0. The summed E-state index contributed by atoms with van der Waals surface area (Å²) in [7, 11) is 1.82. The van der Waals surface area contributed by atoms with Gasteiger partial charge in [0.2, 0.25) is 5.91 Å². The number of carbonyl (C=O) groups excluding carboxylic acids is 1. The van der Waals surface area contributed by atoms with Gasteiger partial charge in [0.25, 0.3) is 0 Å². The molecule has 1 amide bonds. The van der Waals surface area contributed by atoms with Crippen LogP contribution in [0.1, 0.15) is 31.4 Å². The Kier molecular flexibility index (Phi) is 5.47. The lowest BCUT2D eigenvalue weighted by molar-refractivity contribution is -0.133. The molecule has 0 atom stereocenters. The van der Waals surface area contributed by atoms with Crippen LogP contribution in [0.4, 0.5) is 8.78 Å². The van der Waals surface area contributed by atoms with Crippen molar-refractivity contribution in [2.24, 2.45) is 7.05 Å². The lowest BCUT2D eigenvalue weighted by atomic mass is 10.1. The monoisotopic (exact) mass is 321 g/mol. The van der Waals surface area contributed by atoms with Crippen LogP contribution < -0.4 is 0 Å². The van der Waals surface area contributed by atoms with Gasteiger partial charge in [0.1, 0.15) is 11.6 Å². The molecule has 2 aromatic rings. The number of rotatable bonds is 6. The van der Waals surface area contributed by atoms with Crippen molar-refractivity contribution in [2.45, 2.75) is 39.3 Å². The first kappa shape index (κ1) is 17.1. The topological polar surface area (TPSA) is 38.1 Å². The van der Waals surface area contributed by atoms with Crippen LogP contribution in [0.15, 0.2) is 30.6 Å². The van der Waals surface area contributed by atoms with Gasteiger partial charge in [-0.3, -0.25) is 9.48 Å². The van der Waals surface area contributed by atoms with Gasteiger partial charge in [0, 0.05) is 37.8 Å². The third-order valence-corrected chi connectivity index (χ3v) is 3.67. The lowest BCUT2D eigenvalue weighted by Crippen LogP contribution is -2.36. The standard InChI is InChI=1S/C17H21F2N3O/c1-12(2)22(11-13-9-20-21(3)10-13)17(23)7-4-14-8-15(18)5-6-16(14)19/h5-6,8-10,12H,4,7,11H2,1-3H3. The van der Waals surface area contributed by atoms with Crippen molar-refractivity contribution in [2.75, 3.05) is 0 Å². The number of aryl methyl sites for hydroxylation is 2. The average molecular weight is 321 g/mol. The summed E-state index contributed by atoms with van der Waals surface area (Å²) in [5, 5.41) is 4.09. The molecule has 0 aliphatic carbocycles. The highest BCUT2D eigenvalue weighted by atomic mass is 19.1. The fourth-order valence-electron chi connectivity index (χ4n) is 2.43. The van der Waals surface area contributed by atoms with Crippen molar-refractivity contribution >= 4 is 5.91 Å². The molecule has 0 fully saturated rings. The summed E-state index contributed by atoms with van der Waals surface area (Å²) in [4.78, 5) is 14.2. The lowest BCUT2D eigenvalue weighted by Gasteiger charge is -2.26. The molecule has 124 valence electrons. The molecule has 0 aliphatic heterocycles. The highest BCUT2D eigenvalue weighted by molar-refractivity contribution is 5.76. The number of amides is 1. The summed E-state index contributed by atoms with van der Waals surface area (Å²) < 4.78 is 28.5. The van der Waals surface area contributed by atoms with Gasteiger partial charge in [-0.05, 0) is 44.0 Å². The van der Waals surface area contributed by atoms with E-state index in [1.54, 1.807) is 15.8 Å². The van der Waals surface area contributed by atoms with Crippen molar-refractivity contribution in [3.8, 4) is 0 Å². The Morgan fingerprint density at radius 2 is 2.09 bits per heavy atom. The van der Waals surface area contributed by atoms with E-state index >= 15 is 0 Å². The Balaban J connectivity index is 2.02. The fourth-order valence-corrected chi connectivity index (χ4v) is 2.43. The van der Waals surface area contributed by atoms with Gasteiger partial charge in [-0.25, -0.2) is 8.78 Å². The number of aromatic nitrogens is 2. The van der Waals surface area contributed by atoms with Gasteiger partial charge in [0.05, 0.1) is 6.20 Å². The first-order valence-electron chi connectivity index (χ1n) is 7.57. The molecule has 0 N–H and O–H groups in total. The molecule has 1 heterocycles. The van der Waals surface area contributed by atoms with Crippen LogP contribution in [-0.4, -0.2) is 26.6 Å². The summed E-state index contributed by atoms with van der Waals surface area (Å²) in [6.07, 6.45) is 3.89. The number of nitrogens with zero attached hydrogens (tertiary/aromatic N) is 3. The Morgan fingerprint density at radius 1 is 1.35 bits per heavy atom. The van der Waals surface area contributed by atoms with E-state index in [0.29, 0.717) is 6.54 Å². The molecule has 0 aliphatic rings. The maximum atomic E-state index is 13.6. The second-order valence-corrected chi connectivity index (χ2v) is 5.87. The third-order valence-electron chi connectivity index (χ3n) is 3.67. The van der Waals surface area contributed by atoms with Crippen molar-refractivity contribution in [1.82, 2.24) is 14.7 Å². The van der Waals surface area contributed by atoms with E-state index in [4.69, 9.17) is 0 Å². The first-order chi connectivity index (χ1) is 10.9. The van der Waals surface area contributed by atoms with Crippen LogP contribution in [-0.2, 0) is 24.8 Å². The molecule has 0 radical (unpaired) electrons. The maximum absolute atomic E-state index is 13.6. The van der Waals surface area contributed by atoms with Gasteiger partial charge in [-0.1, -0.05) is 0 Å². The molecular formula is C17H21F2N3O. The molecule has 1 aromatic carbocycles. The van der Waals surface area contributed by atoms with Crippen LogP contribution >= 0.6 is 0 Å². The maximum Gasteiger partial charge on any atom is 0.223 e.